The Morgan fingerprint density at radius 3 is 2.25 bits per heavy atom. The van der Waals surface area contributed by atoms with Gasteiger partial charge in [-0.05, 0) is 43.6 Å². The monoisotopic (exact) mass is 450 g/mol. The van der Waals surface area contributed by atoms with E-state index in [1.165, 1.54) is 0 Å². The number of carbonyl (C=O) groups is 2. The van der Waals surface area contributed by atoms with Crippen molar-refractivity contribution >= 4 is 19.9 Å². The molecule has 168 valence electrons. The maximum Gasteiger partial charge on any atom is 0.250 e. The Balaban J connectivity index is 1.73. The van der Waals surface area contributed by atoms with Gasteiger partial charge >= 0.3 is 0 Å². The molecule has 32 heavy (non-hydrogen) atoms. The summed E-state index contributed by atoms with van der Waals surface area (Å²) < 4.78 is 19.2. The zero-order valence-electron chi connectivity index (χ0n) is 19.8. The molecular weight excluding hydrogens is 420 g/mol. The molecule has 1 heterocycles. The fourth-order valence-electron chi connectivity index (χ4n) is 4.79. The number of benzene rings is 2. The van der Waals surface area contributed by atoms with Crippen LogP contribution < -0.4 is 4.43 Å². The van der Waals surface area contributed by atoms with Crippen molar-refractivity contribution in [1.29, 1.82) is 0 Å². The largest absolute Gasteiger partial charge is 0.543 e. The molecule has 0 spiro atoms. The van der Waals surface area contributed by atoms with Crippen LogP contribution in [0.3, 0.4) is 0 Å². The molecule has 2 unspecified atom stereocenters. The Labute approximate surface area is 190 Å². The highest BCUT2D eigenvalue weighted by molar-refractivity contribution is 6.74. The number of rotatable bonds is 2. The van der Waals surface area contributed by atoms with Crippen LogP contribution in [0.5, 0.6) is 5.75 Å². The minimum atomic E-state index is -2.22. The molecule has 6 heteroatoms. The van der Waals surface area contributed by atoms with E-state index in [4.69, 9.17) is 13.9 Å². The number of hydrogen-bond donors (Lipinski definition) is 0. The summed E-state index contributed by atoms with van der Waals surface area (Å²) in [7, 11) is -2.22. The zero-order valence-corrected chi connectivity index (χ0v) is 20.8. The Kier molecular flexibility index (Phi) is 4.46. The Morgan fingerprint density at radius 1 is 1.00 bits per heavy atom. The van der Waals surface area contributed by atoms with E-state index in [2.05, 4.69) is 33.9 Å². The van der Waals surface area contributed by atoms with Gasteiger partial charge in [-0.25, -0.2) is 0 Å². The summed E-state index contributed by atoms with van der Waals surface area (Å²) in [6, 6.07) is 8.85. The van der Waals surface area contributed by atoms with Gasteiger partial charge in [0, 0.05) is 34.2 Å². The van der Waals surface area contributed by atoms with Crippen molar-refractivity contribution in [2.45, 2.75) is 77.2 Å². The summed E-state index contributed by atoms with van der Waals surface area (Å²) in [6.07, 6.45) is 0.0141. The van der Waals surface area contributed by atoms with Gasteiger partial charge in [-0.1, -0.05) is 45.0 Å². The molecule has 2 aromatic carbocycles. The maximum atomic E-state index is 13.6. The van der Waals surface area contributed by atoms with E-state index in [9.17, 15) is 9.59 Å². The van der Waals surface area contributed by atoms with Gasteiger partial charge in [-0.3, -0.25) is 9.59 Å². The van der Waals surface area contributed by atoms with E-state index < -0.39 is 14.1 Å². The summed E-state index contributed by atoms with van der Waals surface area (Å²) >= 11 is 0. The van der Waals surface area contributed by atoms with E-state index in [1.54, 1.807) is 30.3 Å². The summed E-state index contributed by atoms with van der Waals surface area (Å²) in [5, 5.41) is -0.0213. The Morgan fingerprint density at radius 2 is 1.62 bits per heavy atom. The molecule has 1 fully saturated rings. The van der Waals surface area contributed by atoms with Crippen molar-refractivity contribution in [3.05, 3.63) is 63.7 Å². The zero-order chi connectivity index (χ0) is 23.2. The van der Waals surface area contributed by atoms with Crippen LogP contribution in [0.1, 0.15) is 83.7 Å². The van der Waals surface area contributed by atoms with Crippen LogP contribution in [-0.4, -0.2) is 31.8 Å². The second kappa shape index (κ2) is 6.62. The Bertz CT molecular complexity index is 1170. The normalized spacial score (nSPS) is 23.5. The molecule has 0 N–H and O–H groups in total. The lowest BCUT2D eigenvalue weighted by atomic mass is 9.80. The van der Waals surface area contributed by atoms with Crippen molar-refractivity contribution in [1.82, 2.24) is 0 Å². The summed E-state index contributed by atoms with van der Waals surface area (Å²) in [6.45, 7) is 14.7. The highest BCUT2D eigenvalue weighted by Crippen LogP contribution is 2.53. The topological polar surface area (TPSA) is 61.8 Å². The van der Waals surface area contributed by atoms with Crippen molar-refractivity contribution in [2.24, 2.45) is 0 Å². The van der Waals surface area contributed by atoms with Gasteiger partial charge in [-0.2, -0.15) is 0 Å². The van der Waals surface area contributed by atoms with E-state index >= 15 is 0 Å². The smallest absolute Gasteiger partial charge is 0.250 e. The number of fused-ring (bicyclic) bond motifs is 6. The molecular formula is C26H30O5Si. The molecule has 2 aliphatic carbocycles. The molecule has 0 saturated carbocycles. The lowest BCUT2D eigenvalue weighted by Gasteiger charge is -2.38. The molecule has 1 aliphatic heterocycles. The lowest BCUT2D eigenvalue weighted by molar-refractivity contribution is -0.148. The fourth-order valence-corrected chi connectivity index (χ4v) is 5.82. The lowest BCUT2D eigenvalue weighted by Crippen LogP contribution is -2.44. The predicted octanol–water partition coefficient (Wildman–Crippen LogP) is 5.59. The van der Waals surface area contributed by atoms with Gasteiger partial charge < -0.3 is 13.9 Å². The SMILES string of the molecule is CC1(C)OC2Cc3c4c(cc(O[Si](C)(C)C(C)(C)C)c3C2O1)C(=O)c1ccccc1C4=O. The maximum absolute atomic E-state index is 13.6. The molecule has 1 saturated heterocycles. The molecule has 3 aliphatic rings. The molecule has 5 nitrogen and oxygen atoms in total. The van der Waals surface area contributed by atoms with E-state index in [1.807, 2.05) is 13.8 Å². The van der Waals surface area contributed by atoms with Crippen LogP contribution >= 0.6 is 0 Å². The standard InChI is InChI=1S/C26H30O5Si/c1-25(2,3)32(6,7)31-18-13-17-20(23(28)15-11-9-8-10-14(15)22(17)27)16-12-19-24(21(16)18)30-26(4,5)29-19/h8-11,13,19,24H,12H2,1-7H3. The van der Waals surface area contributed by atoms with Gasteiger partial charge in [0.2, 0.25) is 8.32 Å². The van der Waals surface area contributed by atoms with Gasteiger partial charge in [-0.15, -0.1) is 0 Å². The van der Waals surface area contributed by atoms with Gasteiger partial charge in [0.25, 0.3) is 0 Å². The predicted molar refractivity (Wildman–Crippen MR) is 124 cm³/mol. The van der Waals surface area contributed by atoms with Crippen LogP contribution in [0.15, 0.2) is 30.3 Å². The van der Waals surface area contributed by atoms with Crippen molar-refractivity contribution in [2.75, 3.05) is 0 Å². The quantitative estimate of drug-likeness (QED) is 0.476. The van der Waals surface area contributed by atoms with Gasteiger partial charge in [0.15, 0.2) is 17.4 Å². The van der Waals surface area contributed by atoms with E-state index in [0.29, 0.717) is 34.4 Å². The second-order valence-electron chi connectivity index (χ2n) is 11.1. The summed E-state index contributed by atoms with van der Waals surface area (Å²) in [4.78, 5) is 27.0. The number of ketones is 2. The number of hydrogen-bond acceptors (Lipinski definition) is 5. The van der Waals surface area contributed by atoms with Crippen LogP contribution in [0.25, 0.3) is 0 Å². The summed E-state index contributed by atoms with van der Waals surface area (Å²) in [5.74, 6) is -0.273. The first-order valence-corrected chi connectivity index (χ1v) is 14.1. The first kappa shape index (κ1) is 21.6. The first-order chi connectivity index (χ1) is 14.8. The highest BCUT2D eigenvalue weighted by atomic mass is 28.4. The van der Waals surface area contributed by atoms with Crippen molar-refractivity contribution in [3.63, 3.8) is 0 Å². The molecule has 2 atom stereocenters. The van der Waals surface area contributed by atoms with E-state index in [-0.39, 0.29) is 28.8 Å². The van der Waals surface area contributed by atoms with Crippen LogP contribution in [0.4, 0.5) is 0 Å². The minimum Gasteiger partial charge on any atom is -0.543 e. The number of ether oxygens (including phenoxy) is 2. The average molecular weight is 451 g/mol. The first-order valence-electron chi connectivity index (χ1n) is 11.2. The number of carbonyl (C=O) groups excluding carboxylic acids is 2. The summed E-state index contributed by atoms with van der Waals surface area (Å²) in [5.41, 5.74) is 3.56. The fraction of sp³-hybridized carbons (Fsp3) is 0.462. The van der Waals surface area contributed by atoms with E-state index in [0.717, 1.165) is 11.1 Å². The van der Waals surface area contributed by atoms with Crippen molar-refractivity contribution < 1.29 is 23.5 Å². The minimum absolute atomic E-state index is 0.0213. The third-order valence-electron chi connectivity index (χ3n) is 7.37. The molecule has 5 rings (SSSR count). The molecule has 0 aromatic heterocycles. The Hall–Kier alpha value is -2.28. The highest BCUT2D eigenvalue weighted by Gasteiger charge is 2.51. The van der Waals surface area contributed by atoms with Crippen LogP contribution in [0.2, 0.25) is 18.1 Å². The van der Waals surface area contributed by atoms with Crippen molar-refractivity contribution in [3.8, 4) is 5.75 Å². The molecule has 0 amide bonds. The third kappa shape index (κ3) is 3.04. The molecule has 2 aromatic rings. The molecule has 0 radical (unpaired) electrons. The van der Waals surface area contributed by atoms with Crippen LogP contribution in [-0.2, 0) is 15.9 Å². The van der Waals surface area contributed by atoms with Gasteiger partial charge in [0.1, 0.15) is 11.9 Å². The third-order valence-corrected chi connectivity index (χ3v) is 11.7. The molecule has 0 bridgehead atoms. The average Bonchev–Trinajstić information content (AvgIpc) is 3.16. The second-order valence-corrected chi connectivity index (χ2v) is 15.8. The van der Waals surface area contributed by atoms with Gasteiger partial charge in [0.05, 0.1) is 6.10 Å². The van der Waals surface area contributed by atoms with Crippen LogP contribution in [0, 0.1) is 0 Å².